The molecule has 2 heterocycles. The van der Waals surface area contributed by atoms with Crippen LogP contribution in [0, 0.1) is 5.92 Å². The predicted octanol–water partition coefficient (Wildman–Crippen LogP) is 2.63. The monoisotopic (exact) mass is 245 g/mol. The van der Waals surface area contributed by atoms with Gasteiger partial charge < -0.3 is 15.1 Å². The van der Waals surface area contributed by atoms with Crippen molar-refractivity contribution in [3.05, 3.63) is 24.3 Å². The number of aromatic nitrogens is 1. The van der Waals surface area contributed by atoms with Crippen molar-refractivity contribution in [1.82, 2.24) is 10.3 Å². The molecule has 0 aliphatic carbocycles. The molecule has 1 aromatic heterocycles. The maximum absolute atomic E-state index is 5.62. The van der Waals surface area contributed by atoms with E-state index in [2.05, 4.69) is 15.6 Å². The highest BCUT2D eigenvalue weighted by Crippen LogP contribution is 2.19. The van der Waals surface area contributed by atoms with Gasteiger partial charge in [0.05, 0.1) is 0 Å². The number of fused-ring (bicyclic) bond motifs is 1. The van der Waals surface area contributed by atoms with E-state index < -0.39 is 0 Å². The van der Waals surface area contributed by atoms with Crippen LogP contribution in [0.15, 0.2) is 28.7 Å². The summed E-state index contributed by atoms with van der Waals surface area (Å²) in [6.07, 6.45) is 3.81. The highest BCUT2D eigenvalue weighted by atomic mass is 16.4. The summed E-state index contributed by atoms with van der Waals surface area (Å²) in [4.78, 5) is 4.40. The van der Waals surface area contributed by atoms with Gasteiger partial charge >= 0.3 is 0 Å². The lowest BCUT2D eigenvalue weighted by Gasteiger charge is -2.22. The second-order valence-electron chi connectivity index (χ2n) is 4.91. The van der Waals surface area contributed by atoms with Crippen molar-refractivity contribution < 1.29 is 4.42 Å². The summed E-state index contributed by atoms with van der Waals surface area (Å²) in [5.74, 6) is 0.788. The average Bonchev–Trinajstić information content (AvgIpc) is 2.82. The van der Waals surface area contributed by atoms with Crippen LogP contribution in [0.4, 0.5) is 6.01 Å². The van der Waals surface area contributed by atoms with Crippen LogP contribution >= 0.6 is 0 Å². The normalized spacial score (nSPS) is 20.1. The lowest BCUT2D eigenvalue weighted by molar-refractivity contribution is 0.364. The number of para-hydroxylation sites is 2. The molecular weight excluding hydrogens is 226 g/mol. The molecule has 18 heavy (non-hydrogen) atoms. The Morgan fingerprint density at radius 3 is 3.17 bits per heavy atom. The SMILES string of the molecule is c1ccc2oc(NCCC3CCCNC3)nc2c1. The van der Waals surface area contributed by atoms with Gasteiger partial charge in [0.2, 0.25) is 0 Å². The van der Waals surface area contributed by atoms with Gasteiger partial charge in [-0.25, -0.2) is 0 Å². The zero-order chi connectivity index (χ0) is 12.2. The van der Waals surface area contributed by atoms with E-state index in [0.717, 1.165) is 30.1 Å². The Morgan fingerprint density at radius 1 is 1.39 bits per heavy atom. The van der Waals surface area contributed by atoms with Crippen LogP contribution in [0.5, 0.6) is 0 Å². The van der Waals surface area contributed by atoms with Crippen molar-refractivity contribution in [2.45, 2.75) is 19.3 Å². The van der Waals surface area contributed by atoms with E-state index in [-0.39, 0.29) is 0 Å². The van der Waals surface area contributed by atoms with Crippen LogP contribution < -0.4 is 10.6 Å². The van der Waals surface area contributed by atoms with E-state index in [1.54, 1.807) is 0 Å². The standard InChI is InChI=1S/C14H19N3O/c1-2-6-13-12(5-1)17-14(18-13)16-9-7-11-4-3-8-15-10-11/h1-2,5-6,11,15H,3-4,7-10H2,(H,16,17). The number of piperidine rings is 1. The molecule has 1 unspecified atom stereocenters. The van der Waals surface area contributed by atoms with Gasteiger partial charge in [0.25, 0.3) is 6.01 Å². The summed E-state index contributed by atoms with van der Waals surface area (Å²) in [5, 5.41) is 6.71. The number of rotatable bonds is 4. The second kappa shape index (κ2) is 5.40. The fraction of sp³-hybridized carbons (Fsp3) is 0.500. The van der Waals surface area contributed by atoms with Crippen LogP contribution in [0.2, 0.25) is 0 Å². The fourth-order valence-electron chi connectivity index (χ4n) is 2.50. The third-order valence-corrected chi connectivity index (χ3v) is 3.52. The van der Waals surface area contributed by atoms with Crippen LogP contribution in [0.25, 0.3) is 11.1 Å². The molecular formula is C14H19N3O. The van der Waals surface area contributed by atoms with Crippen LogP contribution in [0.1, 0.15) is 19.3 Å². The number of hydrogen-bond donors (Lipinski definition) is 2. The summed E-state index contributed by atoms with van der Waals surface area (Å²) in [6, 6.07) is 8.49. The minimum absolute atomic E-state index is 0.639. The molecule has 0 radical (unpaired) electrons. The largest absolute Gasteiger partial charge is 0.424 e. The molecule has 1 fully saturated rings. The first kappa shape index (κ1) is 11.5. The smallest absolute Gasteiger partial charge is 0.295 e. The highest BCUT2D eigenvalue weighted by Gasteiger charge is 2.12. The summed E-state index contributed by atoms with van der Waals surface area (Å²) in [7, 11) is 0. The Morgan fingerprint density at radius 2 is 2.33 bits per heavy atom. The number of nitrogens with zero attached hydrogens (tertiary/aromatic N) is 1. The first-order valence-corrected chi connectivity index (χ1v) is 6.72. The summed E-state index contributed by atoms with van der Waals surface area (Å²) in [6.45, 7) is 3.25. The molecule has 0 bridgehead atoms. The van der Waals surface area contributed by atoms with Crippen molar-refractivity contribution in [1.29, 1.82) is 0 Å². The first-order chi connectivity index (χ1) is 8.92. The maximum atomic E-state index is 5.62. The second-order valence-corrected chi connectivity index (χ2v) is 4.91. The molecule has 1 aliphatic rings. The maximum Gasteiger partial charge on any atom is 0.295 e. The number of hydrogen-bond acceptors (Lipinski definition) is 4. The molecule has 1 saturated heterocycles. The zero-order valence-electron chi connectivity index (χ0n) is 10.5. The topological polar surface area (TPSA) is 50.1 Å². The Hall–Kier alpha value is -1.55. The Bertz CT molecular complexity index is 469. The van der Waals surface area contributed by atoms with E-state index in [0.29, 0.717) is 6.01 Å². The minimum atomic E-state index is 0.639. The van der Waals surface area contributed by atoms with Gasteiger partial charge in [0.15, 0.2) is 5.58 Å². The molecule has 1 atom stereocenters. The molecule has 2 N–H and O–H groups in total. The Kier molecular flexibility index (Phi) is 3.46. The lowest BCUT2D eigenvalue weighted by atomic mass is 9.96. The summed E-state index contributed by atoms with van der Waals surface area (Å²) >= 11 is 0. The first-order valence-electron chi connectivity index (χ1n) is 6.72. The number of oxazole rings is 1. The van der Waals surface area contributed by atoms with Crippen molar-refractivity contribution in [3.63, 3.8) is 0 Å². The lowest BCUT2D eigenvalue weighted by Crippen LogP contribution is -2.30. The molecule has 0 amide bonds. The summed E-state index contributed by atoms with van der Waals surface area (Å²) < 4.78 is 5.62. The van der Waals surface area contributed by atoms with Crippen LogP contribution in [0.3, 0.4) is 0 Å². The molecule has 2 aromatic rings. The quantitative estimate of drug-likeness (QED) is 0.869. The van der Waals surface area contributed by atoms with E-state index in [9.17, 15) is 0 Å². The van der Waals surface area contributed by atoms with Gasteiger partial charge in [0.1, 0.15) is 5.52 Å². The van der Waals surface area contributed by atoms with Gasteiger partial charge in [-0.1, -0.05) is 12.1 Å². The van der Waals surface area contributed by atoms with Gasteiger partial charge in [-0.3, -0.25) is 0 Å². The Labute approximate surface area is 107 Å². The van der Waals surface area contributed by atoms with Crippen LogP contribution in [-0.4, -0.2) is 24.6 Å². The molecule has 1 aromatic carbocycles. The zero-order valence-corrected chi connectivity index (χ0v) is 10.5. The van der Waals surface area contributed by atoms with Gasteiger partial charge in [-0.15, -0.1) is 0 Å². The number of benzene rings is 1. The van der Waals surface area contributed by atoms with Crippen molar-refractivity contribution in [2.75, 3.05) is 25.0 Å². The summed E-state index contributed by atoms with van der Waals surface area (Å²) in [5.41, 5.74) is 1.76. The minimum Gasteiger partial charge on any atom is -0.424 e. The van der Waals surface area contributed by atoms with E-state index in [1.807, 2.05) is 24.3 Å². The molecule has 3 rings (SSSR count). The molecule has 0 spiro atoms. The average molecular weight is 245 g/mol. The predicted molar refractivity (Wildman–Crippen MR) is 72.7 cm³/mol. The van der Waals surface area contributed by atoms with Crippen molar-refractivity contribution in [3.8, 4) is 0 Å². The van der Waals surface area contributed by atoms with E-state index in [4.69, 9.17) is 4.42 Å². The third kappa shape index (κ3) is 2.64. The Balaban J connectivity index is 1.53. The molecule has 0 saturated carbocycles. The van der Waals surface area contributed by atoms with Gasteiger partial charge in [-0.05, 0) is 50.4 Å². The molecule has 4 heteroatoms. The van der Waals surface area contributed by atoms with Crippen molar-refractivity contribution >= 4 is 17.1 Å². The molecule has 96 valence electrons. The van der Waals surface area contributed by atoms with E-state index in [1.165, 1.54) is 25.8 Å². The number of anilines is 1. The highest BCUT2D eigenvalue weighted by molar-refractivity contribution is 5.74. The molecule has 1 aliphatic heterocycles. The van der Waals surface area contributed by atoms with Crippen LogP contribution in [-0.2, 0) is 0 Å². The molecule has 4 nitrogen and oxygen atoms in total. The number of nitrogens with one attached hydrogen (secondary N) is 2. The van der Waals surface area contributed by atoms with Gasteiger partial charge in [0, 0.05) is 6.54 Å². The van der Waals surface area contributed by atoms with Crippen molar-refractivity contribution in [2.24, 2.45) is 5.92 Å². The van der Waals surface area contributed by atoms with E-state index >= 15 is 0 Å². The van der Waals surface area contributed by atoms with Gasteiger partial charge in [-0.2, -0.15) is 4.98 Å². The fourth-order valence-corrected chi connectivity index (χ4v) is 2.50. The third-order valence-electron chi connectivity index (χ3n) is 3.52.